The molecule has 8 nitrogen and oxygen atoms in total. The quantitative estimate of drug-likeness (QED) is 0.350. The minimum Gasteiger partial charge on any atom is -0.507 e. The van der Waals surface area contributed by atoms with Crippen molar-refractivity contribution in [1.82, 2.24) is 4.98 Å². The molecule has 1 atom stereocenters. The van der Waals surface area contributed by atoms with Crippen molar-refractivity contribution in [3.63, 3.8) is 0 Å². The normalized spacial score (nSPS) is 17.2. The lowest BCUT2D eigenvalue weighted by atomic mass is 9.97. The number of Topliss-reactive ketones (excluding diaryl/α,β-unsaturated/α-hetero) is 1. The van der Waals surface area contributed by atoms with E-state index in [4.69, 9.17) is 14.2 Å². The number of ketones is 1. The Morgan fingerprint density at radius 1 is 0.909 bits per heavy atom. The number of aliphatic hydroxyl groups is 1. The molecule has 2 heterocycles. The van der Waals surface area contributed by atoms with Gasteiger partial charge in [0.1, 0.15) is 29.0 Å². The lowest BCUT2D eigenvalue weighted by molar-refractivity contribution is -0.132. The van der Waals surface area contributed by atoms with Gasteiger partial charge in [-0.15, -0.1) is 0 Å². The molecular weight excluding hydrogens is 424 g/mol. The Morgan fingerprint density at radius 3 is 2.33 bits per heavy atom. The summed E-state index contributed by atoms with van der Waals surface area (Å²) in [6.07, 6.45) is 1.56. The van der Waals surface area contributed by atoms with E-state index in [1.807, 2.05) is 0 Å². The Labute approximate surface area is 190 Å². The number of hydrogen-bond acceptors (Lipinski definition) is 7. The third-order valence-electron chi connectivity index (χ3n) is 5.41. The number of aliphatic hydroxyl groups excluding tert-OH is 1. The van der Waals surface area contributed by atoms with E-state index in [1.165, 1.54) is 26.2 Å². The van der Waals surface area contributed by atoms with Crippen molar-refractivity contribution < 1.29 is 28.9 Å². The summed E-state index contributed by atoms with van der Waals surface area (Å²) in [6.45, 7) is 0. The first-order valence-electron chi connectivity index (χ1n) is 10.1. The minimum absolute atomic E-state index is 0.104. The molecule has 0 aliphatic carbocycles. The first-order valence-corrected chi connectivity index (χ1v) is 10.1. The molecule has 0 saturated carbocycles. The van der Waals surface area contributed by atoms with Gasteiger partial charge in [0.05, 0.1) is 38.2 Å². The van der Waals surface area contributed by atoms with Crippen LogP contribution in [0.15, 0.2) is 72.4 Å². The standard InChI is InChI=1S/C25H22N2O6/c1-31-16-8-6-7-15(13-16)27-22(19-9-4-5-12-26-19)21(24(29)25(27)30)23(28)18-14-17(32-2)10-11-20(18)33-3/h4-14,22,28H,1-3H3/b23-21+. The number of benzene rings is 2. The molecule has 168 valence electrons. The van der Waals surface area contributed by atoms with Crippen LogP contribution < -0.4 is 19.1 Å². The zero-order valence-electron chi connectivity index (χ0n) is 18.3. The number of anilines is 1. The first kappa shape index (κ1) is 21.9. The molecule has 8 heteroatoms. The molecular formula is C25H22N2O6. The average Bonchev–Trinajstić information content (AvgIpc) is 3.14. The Balaban J connectivity index is 1.97. The largest absolute Gasteiger partial charge is 0.507 e. The van der Waals surface area contributed by atoms with Crippen LogP contribution in [0.3, 0.4) is 0 Å². The smallest absolute Gasteiger partial charge is 0.300 e. The van der Waals surface area contributed by atoms with E-state index in [2.05, 4.69) is 4.98 Å². The summed E-state index contributed by atoms with van der Waals surface area (Å²) in [7, 11) is 4.45. The second kappa shape index (κ2) is 9.04. The van der Waals surface area contributed by atoms with E-state index in [0.29, 0.717) is 28.6 Å². The lowest BCUT2D eigenvalue weighted by Crippen LogP contribution is -2.29. The average molecular weight is 446 g/mol. The van der Waals surface area contributed by atoms with Crippen molar-refractivity contribution in [2.75, 3.05) is 26.2 Å². The fraction of sp³-hybridized carbons (Fsp3) is 0.160. The van der Waals surface area contributed by atoms with Gasteiger partial charge in [0.2, 0.25) is 0 Å². The van der Waals surface area contributed by atoms with Gasteiger partial charge in [0.25, 0.3) is 11.7 Å². The summed E-state index contributed by atoms with van der Waals surface area (Å²) in [5.74, 6) is -0.721. The second-order valence-corrected chi connectivity index (χ2v) is 7.19. The monoisotopic (exact) mass is 446 g/mol. The number of methoxy groups -OCH3 is 3. The molecule has 33 heavy (non-hydrogen) atoms. The van der Waals surface area contributed by atoms with Crippen molar-refractivity contribution in [3.05, 3.63) is 83.7 Å². The van der Waals surface area contributed by atoms with E-state index in [0.717, 1.165) is 0 Å². The highest BCUT2D eigenvalue weighted by Gasteiger charge is 2.48. The molecule has 1 N–H and O–H groups in total. The molecule has 1 aliphatic rings. The van der Waals surface area contributed by atoms with Crippen molar-refractivity contribution in [2.45, 2.75) is 6.04 Å². The number of nitrogens with zero attached hydrogens (tertiary/aromatic N) is 2. The maximum atomic E-state index is 13.3. The van der Waals surface area contributed by atoms with Crippen LogP contribution >= 0.6 is 0 Å². The number of amides is 1. The number of rotatable bonds is 6. The fourth-order valence-electron chi connectivity index (χ4n) is 3.82. The summed E-state index contributed by atoms with van der Waals surface area (Å²) < 4.78 is 15.9. The zero-order valence-corrected chi connectivity index (χ0v) is 18.3. The lowest BCUT2D eigenvalue weighted by Gasteiger charge is -2.25. The van der Waals surface area contributed by atoms with Crippen LogP contribution in [0.2, 0.25) is 0 Å². The highest BCUT2D eigenvalue weighted by Crippen LogP contribution is 2.43. The molecule has 0 spiro atoms. The molecule has 4 rings (SSSR count). The summed E-state index contributed by atoms with van der Waals surface area (Å²) >= 11 is 0. The van der Waals surface area contributed by atoms with Gasteiger partial charge in [-0.05, 0) is 42.5 Å². The van der Waals surface area contributed by atoms with Crippen LogP contribution in [-0.2, 0) is 9.59 Å². The number of carbonyl (C=O) groups is 2. The van der Waals surface area contributed by atoms with Gasteiger partial charge in [-0.3, -0.25) is 19.5 Å². The topological polar surface area (TPSA) is 98.2 Å². The van der Waals surface area contributed by atoms with Gasteiger partial charge in [0.15, 0.2) is 0 Å². The highest BCUT2D eigenvalue weighted by atomic mass is 16.5. The van der Waals surface area contributed by atoms with Crippen LogP contribution in [0.1, 0.15) is 17.3 Å². The van der Waals surface area contributed by atoms with Crippen LogP contribution in [0.4, 0.5) is 5.69 Å². The minimum atomic E-state index is -0.964. The van der Waals surface area contributed by atoms with Gasteiger partial charge in [0, 0.05) is 18.0 Å². The molecule has 2 aromatic carbocycles. The summed E-state index contributed by atoms with van der Waals surface area (Å²) in [5, 5.41) is 11.3. The number of aromatic nitrogens is 1. The van der Waals surface area contributed by atoms with E-state index in [1.54, 1.807) is 66.9 Å². The third-order valence-corrected chi connectivity index (χ3v) is 5.41. The summed E-state index contributed by atoms with van der Waals surface area (Å²) in [6, 6.07) is 15.8. The van der Waals surface area contributed by atoms with Gasteiger partial charge >= 0.3 is 0 Å². The van der Waals surface area contributed by atoms with Crippen molar-refractivity contribution >= 4 is 23.1 Å². The van der Waals surface area contributed by atoms with E-state index >= 15 is 0 Å². The van der Waals surface area contributed by atoms with E-state index < -0.39 is 17.7 Å². The van der Waals surface area contributed by atoms with Crippen LogP contribution in [0, 0.1) is 0 Å². The molecule has 1 unspecified atom stereocenters. The van der Waals surface area contributed by atoms with E-state index in [9.17, 15) is 14.7 Å². The van der Waals surface area contributed by atoms with Crippen LogP contribution in [-0.4, -0.2) is 43.1 Å². The summed E-state index contributed by atoms with van der Waals surface area (Å²) in [5.41, 5.74) is 0.973. The van der Waals surface area contributed by atoms with Crippen molar-refractivity contribution in [3.8, 4) is 17.2 Å². The first-order chi connectivity index (χ1) is 16.0. The van der Waals surface area contributed by atoms with Crippen LogP contribution in [0.25, 0.3) is 5.76 Å². The number of carbonyl (C=O) groups excluding carboxylic acids is 2. The number of ether oxygens (including phenoxy) is 3. The van der Waals surface area contributed by atoms with E-state index in [-0.39, 0.29) is 16.9 Å². The Bertz CT molecular complexity index is 1240. The Kier molecular flexibility index (Phi) is 5.99. The van der Waals surface area contributed by atoms with Gasteiger partial charge in [-0.2, -0.15) is 0 Å². The Morgan fingerprint density at radius 2 is 1.67 bits per heavy atom. The second-order valence-electron chi connectivity index (χ2n) is 7.19. The fourth-order valence-corrected chi connectivity index (χ4v) is 3.82. The number of hydrogen-bond donors (Lipinski definition) is 1. The van der Waals surface area contributed by atoms with Crippen molar-refractivity contribution in [2.24, 2.45) is 0 Å². The third kappa shape index (κ3) is 3.87. The molecule has 1 saturated heterocycles. The maximum absolute atomic E-state index is 13.3. The van der Waals surface area contributed by atoms with Gasteiger partial charge in [-0.25, -0.2) is 0 Å². The van der Waals surface area contributed by atoms with Crippen molar-refractivity contribution in [1.29, 1.82) is 0 Å². The van der Waals surface area contributed by atoms with Gasteiger partial charge < -0.3 is 19.3 Å². The SMILES string of the molecule is COc1cccc(N2C(=O)C(=O)/C(=C(/O)c3cc(OC)ccc3OC)C2c2ccccn2)c1. The number of pyridine rings is 1. The molecule has 1 fully saturated rings. The molecule has 3 aromatic rings. The molecule has 1 aliphatic heterocycles. The summed E-state index contributed by atoms with van der Waals surface area (Å²) in [4.78, 5) is 32.2. The predicted molar refractivity (Wildman–Crippen MR) is 122 cm³/mol. The molecule has 1 aromatic heterocycles. The predicted octanol–water partition coefficient (Wildman–Crippen LogP) is 3.73. The zero-order chi connectivity index (χ0) is 23.5. The molecule has 0 bridgehead atoms. The Hall–Kier alpha value is -4.33. The van der Waals surface area contributed by atoms with Gasteiger partial charge in [-0.1, -0.05) is 12.1 Å². The molecule has 1 amide bonds. The maximum Gasteiger partial charge on any atom is 0.300 e. The highest BCUT2D eigenvalue weighted by molar-refractivity contribution is 6.51. The molecule has 0 radical (unpaired) electrons. The van der Waals surface area contributed by atoms with Crippen LogP contribution in [0.5, 0.6) is 17.2 Å².